The predicted octanol–water partition coefficient (Wildman–Crippen LogP) is 5.88. The summed E-state index contributed by atoms with van der Waals surface area (Å²) in [5.74, 6) is 0.952. The molecule has 0 amide bonds. The maximum atomic E-state index is 4.59. The molecule has 1 N–H and O–H groups in total. The van der Waals surface area contributed by atoms with Crippen LogP contribution in [0.2, 0.25) is 0 Å². The summed E-state index contributed by atoms with van der Waals surface area (Å²) in [6.45, 7) is 2.89. The highest BCUT2D eigenvalue weighted by Gasteiger charge is 2.11. The first-order valence-corrected chi connectivity index (χ1v) is 8.90. The molecular weight excluding hydrogens is 312 g/mol. The highest BCUT2D eigenvalue weighted by atomic mass is 32.1. The van der Waals surface area contributed by atoms with Gasteiger partial charge in [0.2, 0.25) is 0 Å². The Kier molecular flexibility index (Phi) is 4.01. The highest BCUT2D eigenvalue weighted by Crippen LogP contribution is 2.37. The first-order chi connectivity index (χ1) is 11.8. The van der Waals surface area contributed by atoms with E-state index in [9.17, 15) is 0 Å². The number of fused-ring (bicyclic) bond motifs is 1. The van der Waals surface area contributed by atoms with Crippen LogP contribution in [0.1, 0.15) is 11.1 Å². The summed E-state index contributed by atoms with van der Waals surface area (Å²) in [5, 5.41) is 6.94. The second kappa shape index (κ2) is 6.46. The van der Waals surface area contributed by atoms with Crippen molar-refractivity contribution in [1.29, 1.82) is 0 Å². The number of benzene rings is 2. The predicted molar refractivity (Wildman–Crippen MR) is 104 cm³/mol. The summed E-state index contributed by atoms with van der Waals surface area (Å²) in [6, 6.07) is 21.2. The van der Waals surface area contributed by atoms with Crippen molar-refractivity contribution in [3.8, 4) is 11.1 Å². The van der Waals surface area contributed by atoms with Gasteiger partial charge in [0, 0.05) is 28.4 Å². The lowest BCUT2D eigenvalue weighted by Gasteiger charge is -2.09. The van der Waals surface area contributed by atoms with Crippen LogP contribution in [0.5, 0.6) is 0 Å². The van der Waals surface area contributed by atoms with Crippen molar-refractivity contribution >= 4 is 27.2 Å². The van der Waals surface area contributed by atoms with Gasteiger partial charge >= 0.3 is 0 Å². The summed E-state index contributed by atoms with van der Waals surface area (Å²) in [4.78, 5) is 4.59. The number of thiophene rings is 1. The Hall–Kier alpha value is -2.65. The van der Waals surface area contributed by atoms with E-state index in [-0.39, 0.29) is 0 Å². The molecule has 3 heteroatoms. The van der Waals surface area contributed by atoms with Crippen LogP contribution < -0.4 is 5.32 Å². The summed E-state index contributed by atoms with van der Waals surface area (Å²) in [5.41, 5.74) is 5.02. The van der Waals surface area contributed by atoms with Crippen LogP contribution in [0.25, 0.3) is 21.2 Å². The number of pyridine rings is 1. The molecule has 2 nitrogen and oxygen atoms in total. The van der Waals surface area contributed by atoms with Crippen molar-refractivity contribution in [3.05, 3.63) is 83.4 Å². The van der Waals surface area contributed by atoms with Crippen molar-refractivity contribution in [2.45, 2.75) is 13.5 Å². The van der Waals surface area contributed by atoms with Crippen molar-refractivity contribution in [1.82, 2.24) is 4.98 Å². The number of anilines is 1. The fourth-order valence-corrected chi connectivity index (χ4v) is 3.81. The second-order valence-electron chi connectivity index (χ2n) is 5.89. The number of hydrogen-bond donors (Lipinski definition) is 1. The fraction of sp³-hybridized carbons (Fsp3) is 0.0952. The van der Waals surface area contributed by atoms with Crippen molar-refractivity contribution in [2.75, 3.05) is 5.32 Å². The van der Waals surface area contributed by atoms with E-state index in [1.54, 1.807) is 11.3 Å². The van der Waals surface area contributed by atoms with E-state index in [0.29, 0.717) is 0 Å². The van der Waals surface area contributed by atoms with E-state index in [0.717, 1.165) is 12.4 Å². The molecule has 0 spiro atoms. The van der Waals surface area contributed by atoms with Gasteiger partial charge < -0.3 is 5.32 Å². The number of nitrogens with one attached hydrogen (secondary N) is 1. The maximum absolute atomic E-state index is 4.59. The SMILES string of the molecule is Cc1ccc(-c2csc3ccnc(NCc4ccccc4)c23)cc1. The summed E-state index contributed by atoms with van der Waals surface area (Å²) < 4.78 is 1.26. The zero-order valence-corrected chi connectivity index (χ0v) is 14.3. The van der Waals surface area contributed by atoms with Crippen LogP contribution >= 0.6 is 11.3 Å². The van der Waals surface area contributed by atoms with Gasteiger partial charge in [0.05, 0.1) is 0 Å². The molecule has 2 aromatic heterocycles. The van der Waals surface area contributed by atoms with Crippen LogP contribution in [-0.2, 0) is 6.54 Å². The summed E-state index contributed by atoms with van der Waals surface area (Å²) in [6.07, 6.45) is 1.88. The van der Waals surface area contributed by atoms with E-state index >= 15 is 0 Å². The molecule has 0 aliphatic heterocycles. The molecule has 24 heavy (non-hydrogen) atoms. The van der Waals surface area contributed by atoms with E-state index < -0.39 is 0 Å². The lowest BCUT2D eigenvalue weighted by atomic mass is 10.0. The molecule has 0 atom stereocenters. The Morgan fingerprint density at radius 3 is 2.54 bits per heavy atom. The van der Waals surface area contributed by atoms with Crippen molar-refractivity contribution in [3.63, 3.8) is 0 Å². The number of rotatable bonds is 4. The normalized spacial score (nSPS) is 10.9. The largest absolute Gasteiger partial charge is 0.365 e. The van der Waals surface area contributed by atoms with E-state index in [1.807, 2.05) is 12.3 Å². The second-order valence-corrected chi connectivity index (χ2v) is 6.80. The quantitative estimate of drug-likeness (QED) is 0.505. The molecule has 2 heterocycles. The van der Waals surface area contributed by atoms with Gasteiger partial charge in [0.1, 0.15) is 5.82 Å². The minimum Gasteiger partial charge on any atom is -0.365 e. The number of hydrogen-bond acceptors (Lipinski definition) is 3. The first-order valence-electron chi connectivity index (χ1n) is 8.02. The summed E-state index contributed by atoms with van der Waals surface area (Å²) in [7, 11) is 0. The van der Waals surface area contributed by atoms with Crippen molar-refractivity contribution < 1.29 is 0 Å². The van der Waals surface area contributed by atoms with Gasteiger partial charge in [-0.15, -0.1) is 11.3 Å². The fourth-order valence-electron chi connectivity index (χ4n) is 2.85. The van der Waals surface area contributed by atoms with Crippen LogP contribution in [0.15, 0.2) is 72.2 Å². The Balaban J connectivity index is 1.73. The van der Waals surface area contributed by atoms with Gasteiger partial charge in [-0.1, -0.05) is 60.2 Å². The van der Waals surface area contributed by atoms with Gasteiger partial charge in [0.25, 0.3) is 0 Å². The third-order valence-electron chi connectivity index (χ3n) is 4.15. The minimum absolute atomic E-state index is 0.774. The molecule has 0 aliphatic carbocycles. The lowest BCUT2D eigenvalue weighted by molar-refractivity contribution is 1.12. The number of nitrogens with zero attached hydrogens (tertiary/aromatic N) is 1. The average Bonchev–Trinajstić information content (AvgIpc) is 3.06. The van der Waals surface area contributed by atoms with Gasteiger partial charge in [0.15, 0.2) is 0 Å². The monoisotopic (exact) mass is 330 g/mol. The molecule has 4 aromatic rings. The van der Waals surface area contributed by atoms with Crippen LogP contribution in [0.3, 0.4) is 0 Å². The van der Waals surface area contributed by atoms with Crippen molar-refractivity contribution in [2.24, 2.45) is 0 Å². The molecule has 0 saturated carbocycles. The van der Waals surface area contributed by atoms with Crippen LogP contribution in [0, 0.1) is 6.92 Å². The zero-order chi connectivity index (χ0) is 16.4. The Morgan fingerprint density at radius 2 is 1.75 bits per heavy atom. The standard InChI is InChI=1S/C21H18N2S/c1-15-7-9-17(10-8-15)18-14-24-19-11-12-22-21(20(18)19)23-13-16-5-3-2-4-6-16/h2-12,14H,13H2,1H3,(H,22,23). The molecule has 2 aromatic carbocycles. The van der Waals surface area contributed by atoms with Gasteiger partial charge in [-0.25, -0.2) is 4.98 Å². The smallest absolute Gasteiger partial charge is 0.135 e. The van der Waals surface area contributed by atoms with Gasteiger partial charge in [-0.2, -0.15) is 0 Å². The van der Waals surface area contributed by atoms with Crippen LogP contribution in [0.4, 0.5) is 5.82 Å². The molecule has 0 bridgehead atoms. The molecule has 4 rings (SSSR count). The Morgan fingerprint density at radius 1 is 0.958 bits per heavy atom. The first kappa shape index (κ1) is 14.9. The molecule has 0 fully saturated rings. The Labute approximate surface area is 145 Å². The summed E-state index contributed by atoms with van der Waals surface area (Å²) >= 11 is 1.77. The van der Waals surface area contributed by atoms with E-state index in [4.69, 9.17) is 0 Å². The maximum Gasteiger partial charge on any atom is 0.135 e. The van der Waals surface area contributed by atoms with Gasteiger partial charge in [-0.05, 0) is 29.5 Å². The molecule has 0 radical (unpaired) electrons. The number of aromatic nitrogens is 1. The van der Waals surface area contributed by atoms with Crippen LogP contribution in [-0.4, -0.2) is 4.98 Å². The molecule has 0 unspecified atom stereocenters. The minimum atomic E-state index is 0.774. The molecule has 118 valence electrons. The van der Waals surface area contributed by atoms with E-state index in [1.165, 1.54) is 32.3 Å². The average molecular weight is 330 g/mol. The third kappa shape index (κ3) is 2.91. The third-order valence-corrected chi connectivity index (χ3v) is 5.10. The number of aryl methyl sites for hydroxylation is 1. The van der Waals surface area contributed by atoms with Gasteiger partial charge in [-0.3, -0.25) is 0 Å². The van der Waals surface area contributed by atoms with E-state index in [2.05, 4.69) is 77.2 Å². The highest BCUT2D eigenvalue weighted by molar-refractivity contribution is 7.17. The topological polar surface area (TPSA) is 24.9 Å². The molecular formula is C21H18N2S. The molecule has 0 aliphatic rings. The Bertz CT molecular complexity index is 956. The zero-order valence-electron chi connectivity index (χ0n) is 13.5. The lowest BCUT2D eigenvalue weighted by Crippen LogP contribution is -2.01. The molecule has 0 saturated heterocycles.